The summed E-state index contributed by atoms with van der Waals surface area (Å²) >= 11 is 1.67. The number of carbonyl (C=O) groups excluding carboxylic acids is 1. The molecule has 21 heavy (non-hydrogen) atoms. The highest BCUT2D eigenvalue weighted by atomic mass is 32.2. The zero-order chi connectivity index (χ0) is 14.8. The number of nitrogens with one attached hydrogen (secondary N) is 2. The van der Waals surface area contributed by atoms with Crippen molar-refractivity contribution in [2.75, 3.05) is 11.6 Å². The molecule has 0 aliphatic rings. The van der Waals surface area contributed by atoms with Crippen LogP contribution >= 0.6 is 11.8 Å². The number of nitrogens with zero attached hydrogens (tertiary/aromatic N) is 1. The van der Waals surface area contributed by atoms with Crippen LogP contribution in [0.1, 0.15) is 16.2 Å². The fourth-order valence-corrected chi connectivity index (χ4v) is 2.56. The van der Waals surface area contributed by atoms with Gasteiger partial charge in [0.25, 0.3) is 5.91 Å². The molecule has 5 heteroatoms. The number of H-pyrrole nitrogens is 1. The average Bonchev–Trinajstić information content (AvgIpc) is 2.87. The van der Waals surface area contributed by atoms with E-state index in [0.717, 1.165) is 22.5 Å². The van der Waals surface area contributed by atoms with Crippen LogP contribution in [0.2, 0.25) is 0 Å². The number of fused-ring (bicyclic) bond motifs is 1. The number of aromatic nitrogens is 2. The molecule has 1 heterocycles. The Kier molecular flexibility index (Phi) is 3.66. The first-order chi connectivity index (χ1) is 10.2. The van der Waals surface area contributed by atoms with E-state index in [1.807, 2.05) is 49.6 Å². The Morgan fingerprint density at radius 1 is 1.19 bits per heavy atom. The average molecular weight is 297 g/mol. The molecule has 0 aliphatic carbocycles. The van der Waals surface area contributed by atoms with E-state index < -0.39 is 0 Å². The van der Waals surface area contributed by atoms with E-state index >= 15 is 0 Å². The molecule has 4 nitrogen and oxygen atoms in total. The minimum Gasteiger partial charge on any atom is -0.342 e. The number of thioether (sulfide) groups is 1. The van der Waals surface area contributed by atoms with E-state index in [4.69, 9.17) is 0 Å². The van der Waals surface area contributed by atoms with Gasteiger partial charge in [-0.05, 0) is 55.6 Å². The van der Waals surface area contributed by atoms with Gasteiger partial charge in [0.05, 0.1) is 11.0 Å². The third-order valence-electron chi connectivity index (χ3n) is 3.21. The molecule has 106 valence electrons. The Hall–Kier alpha value is -2.27. The molecule has 0 atom stereocenters. The normalized spacial score (nSPS) is 10.8. The summed E-state index contributed by atoms with van der Waals surface area (Å²) in [6, 6.07) is 13.2. The predicted octanol–water partition coefficient (Wildman–Crippen LogP) is 3.85. The maximum atomic E-state index is 12.3. The summed E-state index contributed by atoms with van der Waals surface area (Å²) in [5, 5.41) is 2.90. The molecule has 3 rings (SSSR count). The quantitative estimate of drug-likeness (QED) is 0.722. The Labute approximate surface area is 127 Å². The summed E-state index contributed by atoms with van der Waals surface area (Å²) < 4.78 is 0. The highest BCUT2D eigenvalue weighted by molar-refractivity contribution is 7.98. The number of amides is 1. The second kappa shape index (κ2) is 5.61. The van der Waals surface area contributed by atoms with E-state index in [0.29, 0.717) is 5.56 Å². The van der Waals surface area contributed by atoms with Crippen LogP contribution in [0.5, 0.6) is 0 Å². The van der Waals surface area contributed by atoms with Gasteiger partial charge in [-0.3, -0.25) is 4.79 Å². The van der Waals surface area contributed by atoms with Gasteiger partial charge in [-0.1, -0.05) is 0 Å². The number of rotatable bonds is 3. The Morgan fingerprint density at radius 2 is 1.95 bits per heavy atom. The lowest BCUT2D eigenvalue weighted by Gasteiger charge is -2.06. The maximum absolute atomic E-state index is 12.3. The van der Waals surface area contributed by atoms with Crippen molar-refractivity contribution in [2.24, 2.45) is 0 Å². The number of imidazole rings is 1. The predicted molar refractivity (Wildman–Crippen MR) is 87.0 cm³/mol. The van der Waals surface area contributed by atoms with Crippen LogP contribution in [0, 0.1) is 6.92 Å². The molecule has 2 N–H and O–H groups in total. The minimum absolute atomic E-state index is 0.124. The van der Waals surface area contributed by atoms with Crippen molar-refractivity contribution in [3.63, 3.8) is 0 Å². The number of benzene rings is 2. The summed E-state index contributed by atoms with van der Waals surface area (Å²) in [6.45, 7) is 1.90. The van der Waals surface area contributed by atoms with E-state index in [2.05, 4.69) is 15.3 Å². The summed E-state index contributed by atoms with van der Waals surface area (Å²) in [4.78, 5) is 20.9. The fourth-order valence-electron chi connectivity index (χ4n) is 2.16. The van der Waals surface area contributed by atoms with Crippen LogP contribution in [0.4, 0.5) is 5.69 Å². The number of aryl methyl sites for hydroxylation is 1. The minimum atomic E-state index is -0.124. The van der Waals surface area contributed by atoms with Crippen molar-refractivity contribution in [3.05, 3.63) is 53.9 Å². The van der Waals surface area contributed by atoms with Crippen molar-refractivity contribution < 1.29 is 4.79 Å². The Morgan fingerprint density at radius 3 is 2.67 bits per heavy atom. The Bertz CT molecular complexity index is 793. The van der Waals surface area contributed by atoms with Crippen LogP contribution in [-0.4, -0.2) is 22.1 Å². The zero-order valence-corrected chi connectivity index (χ0v) is 12.6. The molecule has 3 aromatic rings. The summed E-state index contributed by atoms with van der Waals surface area (Å²) in [5.41, 5.74) is 3.14. The monoisotopic (exact) mass is 297 g/mol. The summed E-state index contributed by atoms with van der Waals surface area (Å²) in [6.07, 6.45) is 2.02. The topological polar surface area (TPSA) is 57.8 Å². The molecule has 0 spiro atoms. The number of hydrogen-bond acceptors (Lipinski definition) is 3. The molecule has 0 radical (unpaired) electrons. The van der Waals surface area contributed by atoms with Gasteiger partial charge in [0, 0.05) is 16.1 Å². The summed E-state index contributed by atoms with van der Waals surface area (Å²) in [7, 11) is 0. The van der Waals surface area contributed by atoms with Crippen molar-refractivity contribution in [1.29, 1.82) is 0 Å². The molecular weight excluding hydrogens is 282 g/mol. The van der Waals surface area contributed by atoms with E-state index in [1.165, 1.54) is 4.90 Å². The number of anilines is 1. The van der Waals surface area contributed by atoms with Gasteiger partial charge in [0.1, 0.15) is 5.82 Å². The third-order valence-corrected chi connectivity index (χ3v) is 3.95. The van der Waals surface area contributed by atoms with E-state index in [-0.39, 0.29) is 5.91 Å². The van der Waals surface area contributed by atoms with Gasteiger partial charge in [0.2, 0.25) is 0 Å². The Balaban J connectivity index is 1.82. The van der Waals surface area contributed by atoms with E-state index in [9.17, 15) is 4.79 Å². The molecule has 1 aromatic heterocycles. The number of aromatic amines is 1. The van der Waals surface area contributed by atoms with Gasteiger partial charge >= 0.3 is 0 Å². The molecule has 1 amide bonds. The molecule has 2 aromatic carbocycles. The van der Waals surface area contributed by atoms with Gasteiger partial charge in [-0.2, -0.15) is 0 Å². The van der Waals surface area contributed by atoms with Crippen molar-refractivity contribution >= 4 is 34.4 Å². The molecule has 0 unspecified atom stereocenters. The number of hydrogen-bond donors (Lipinski definition) is 2. The standard InChI is InChI=1S/C16H15N3OS/c1-10-17-14-8-3-11(9-15(14)18-10)16(20)19-12-4-6-13(21-2)7-5-12/h3-9H,1-2H3,(H,17,18)(H,19,20). The third kappa shape index (κ3) is 2.92. The lowest BCUT2D eigenvalue weighted by molar-refractivity contribution is 0.102. The lowest BCUT2D eigenvalue weighted by Crippen LogP contribution is -2.11. The molecular formula is C16H15N3OS. The van der Waals surface area contributed by atoms with Crippen molar-refractivity contribution in [1.82, 2.24) is 9.97 Å². The van der Waals surface area contributed by atoms with Crippen molar-refractivity contribution in [2.45, 2.75) is 11.8 Å². The van der Waals surface area contributed by atoms with Crippen LogP contribution in [0.3, 0.4) is 0 Å². The first kappa shape index (κ1) is 13.7. The van der Waals surface area contributed by atoms with Crippen LogP contribution in [0.25, 0.3) is 11.0 Å². The van der Waals surface area contributed by atoms with Crippen LogP contribution in [0.15, 0.2) is 47.4 Å². The zero-order valence-electron chi connectivity index (χ0n) is 11.8. The molecule has 0 saturated heterocycles. The largest absolute Gasteiger partial charge is 0.342 e. The molecule has 0 bridgehead atoms. The second-order valence-electron chi connectivity index (χ2n) is 4.74. The number of carbonyl (C=O) groups is 1. The van der Waals surface area contributed by atoms with Crippen LogP contribution in [-0.2, 0) is 0 Å². The van der Waals surface area contributed by atoms with Gasteiger partial charge in [0.15, 0.2) is 0 Å². The molecule has 0 fully saturated rings. The van der Waals surface area contributed by atoms with Gasteiger partial charge in [-0.15, -0.1) is 11.8 Å². The van der Waals surface area contributed by atoms with Crippen LogP contribution < -0.4 is 5.32 Å². The lowest BCUT2D eigenvalue weighted by atomic mass is 10.2. The smallest absolute Gasteiger partial charge is 0.255 e. The summed E-state index contributed by atoms with van der Waals surface area (Å²) in [5.74, 6) is 0.719. The highest BCUT2D eigenvalue weighted by Crippen LogP contribution is 2.19. The van der Waals surface area contributed by atoms with E-state index in [1.54, 1.807) is 17.8 Å². The van der Waals surface area contributed by atoms with Gasteiger partial charge < -0.3 is 10.3 Å². The first-order valence-electron chi connectivity index (χ1n) is 6.57. The highest BCUT2D eigenvalue weighted by Gasteiger charge is 2.08. The first-order valence-corrected chi connectivity index (χ1v) is 7.80. The fraction of sp³-hybridized carbons (Fsp3) is 0.125. The van der Waals surface area contributed by atoms with Gasteiger partial charge in [-0.25, -0.2) is 4.98 Å². The van der Waals surface area contributed by atoms with Crippen molar-refractivity contribution in [3.8, 4) is 0 Å². The second-order valence-corrected chi connectivity index (χ2v) is 5.62. The SMILES string of the molecule is CSc1ccc(NC(=O)c2ccc3nc(C)[nH]c3c2)cc1. The maximum Gasteiger partial charge on any atom is 0.255 e. The molecule has 0 aliphatic heterocycles. The molecule has 0 saturated carbocycles.